The quantitative estimate of drug-likeness (QED) is 0.855. The van der Waals surface area contributed by atoms with E-state index in [0.29, 0.717) is 5.92 Å². The number of nitrogens with one attached hydrogen (secondary N) is 1. The summed E-state index contributed by atoms with van der Waals surface area (Å²) in [5, 5.41) is 13.0. The number of piperidine rings is 1. The molecule has 106 valence electrons. The molecule has 19 heavy (non-hydrogen) atoms. The van der Waals surface area contributed by atoms with Crippen LogP contribution in [0, 0.1) is 5.92 Å². The lowest BCUT2D eigenvalue weighted by Gasteiger charge is -2.34. The summed E-state index contributed by atoms with van der Waals surface area (Å²) in [5.41, 5.74) is 2.65. The van der Waals surface area contributed by atoms with Gasteiger partial charge in [0, 0.05) is 25.3 Å². The summed E-state index contributed by atoms with van der Waals surface area (Å²) in [5.74, 6) is 0.476. The fraction of sp³-hybridized carbons (Fsp3) is 0.625. The number of rotatable bonds is 5. The lowest BCUT2D eigenvalue weighted by Crippen LogP contribution is -2.37. The average Bonchev–Trinajstić information content (AvgIpc) is 2.46. The van der Waals surface area contributed by atoms with Crippen molar-refractivity contribution in [2.45, 2.75) is 39.3 Å². The van der Waals surface area contributed by atoms with Gasteiger partial charge in [-0.15, -0.1) is 0 Å². The van der Waals surface area contributed by atoms with E-state index < -0.39 is 0 Å². The van der Waals surface area contributed by atoms with E-state index in [-0.39, 0.29) is 6.10 Å². The molecular weight excluding hydrogens is 236 g/mol. The predicted octanol–water partition coefficient (Wildman–Crippen LogP) is 2.39. The highest BCUT2D eigenvalue weighted by atomic mass is 16.3. The van der Waals surface area contributed by atoms with E-state index in [9.17, 15) is 5.11 Å². The summed E-state index contributed by atoms with van der Waals surface area (Å²) in [6.07, 6.45) is 2.03. The van der Waals surface area contributed by atoms with Crippen LogP contribution in [0.1, 0.15) is 32.3 Å². The smallest absolute Gasteiger partial charge is 0.0541 e. The van der Waals surface area contributed by atoms with Crippen LogP contribution in [-0.4, -0.2) is 30.8 Å². The molecule has 0 spiro atoms. The van der Waals surface area contributed by atoms with Crippen LogP contribution in [0.2, 0.25) is 0 Å². The van der Waals surface area contributed by atoms with Gasteiger partial charge in [0.25, 0.3) is 0 Å². The van der Waals surface area contributed by atoms with E-state index in [1.54, 1.807) is 0 Å². The first-order valence-electron chi connectivity index (χ1n) is 7.43. The van der Waals surface area contributed by atoms with Gasteiger partial charge in [-0.2, -0.15) is 0 Å². The molecule has 1 atom stereocenters. The summed E-state index contributed by atoms with van der Waals surface area (Å²) >= 11 is 0. The van der Waals surface area contributed by atoms with Crippen LogP contribution >= 0.6 is 0 Å². The van der Waals surface area contributed by atoms with Gasteiger partial charge in [0.2, 0.25) is 0 Å². The van der Waals surface area contributed by atoms with Gasteiger partial charge in [-0.05, 0) is 49.9 Å². The highest BCUT2D eigenvalue weighted by Crippen LogP contribution is 2.25. The largest absolute Gasteiger partial charge is 0.393 e. The first kappa shape index (κ1) is 14.4. The maximum absolute atomic E-state index is 9.63. The summed E-state index contributed by atoms with van der Waals surface area (Å²) in [7, 11) is 0. The normalized spacial score (nSPS) is 18.6. The molecule has 0 saturated carbocycles. The molecule has 3 nitrogen and oxygen atoms in total. The highest BCUT2D eigenvalue weighted by Gasteiger charge is 2.22. The highest BCUT2D eigenvalue weighted by molar-refractivity contribution is 5.48. The molecule has 1 saturated heterocycles. The van der Waals surface area contributed by atoms with Crippen molar-refractivity contribution in [3.05, 3.63) is 29.8 Å². The Morgan fingerprint density at radius 3 is 2.42 bits per heavy atom. The van der Waals surface area contributed by atoms with E-state index >= 15 is 0 Å². The van der Waals surface area contributed by atoms with Crippen molar-refractivity contribution in [2.24, 2.45) is 5.92 Å². The Morgan fingerprint density at radius 1 is 1.26 bits per heavy atom. The average molecular weight is 262 g/mol. The Kier molecular flexibility index (Phi) is 5.23. The van der Waals surface area contributed by atoms with Crippen LogP contribution < -0.4 is 10.2 Å². The Bertz CT molecular complexity index is 367. The van der Waals surface area contributed by atoms with Crippen LogP contribution in [0.5, 0.6) is 0 Å². The zero-order chi connectivity index (χ0) is 13.7. The first-order valence-corrected chi connectivity index (χ1v) is 7.43. The second-order valence-corrected chi connectivity index (χ2v) is 5.51. The summed E-state index contributed by atoms with van der Waals surface area (Å²) < 4.78 is 0. The van der Waals surface area contributed by atoms with Crippen molar-refractivity contribution in [1.29, 1.82) is 0 Å². The monoisotopic (exact) mass is 262 g/mol. The summed E-state index contributed by atoms with van der Waals surface area (Å²) in [6.45, 7) is 8.11. The number of hydrogen-bond donors (Lipinski definition) is 2. The molecule has 2 rings (SSSR count). The standard InChI is InChI=1S/C16H26N2O/c1-3-17-12-14-4-6-16(7-5-14)18-10-8-15(9-11-18)13(2)19/h4-7,13,15,17,19H,3,8-12H2,1-2H3. The van der Waals surface area contributed by atoms with Gasteiger partial charge >= 0.3 is 0 Å². The van der Waals surface area contributed by atoms with Crippen LogP contribution in [0.25, 0.3) is 0 Å². The second-order valence-electron chi connectivity index (χ2n) is 5.51. The number of nitrogens with zero attached hydrogens (tertiary/aromatic N) is 1. The zero-order valence-corrected chi connectivity index (χ0v) is 12.1. The lowest BCUT2D eigenvalue weighted by atomic mass is 9.92. The second kappa shape index (κ2) is 6.92. The van der Waals surface area contributed by atoms with Gasteiger partial charge in [-0.1, -0.05) is 19.1 Å². The molecule has 1 aromatic rings. The minimum atomic E-state index is -0.162. The third-order valence-corrected chi connectivity index (χ3v) is 4.10. The molecule has 3 heteroatoms. The third kappa shape index (κ3) is 3.95. The van der Waals surface area contributed by atoms with E-state index in [2.05, 4.69) is 41.4 Å². The Morgan fingerprint density at radius 2 is 1.89 bits per heavy atom. The molecule has 1 fully saturated rings. The SMILES string of the molecule is CCNCc1ccc(N2CCC(C(C)O)CC2)cc1. The minimum Gasteiger partial charge on any atom is -0.393 e. The zero-order valence-electron chi connectivity index (χ0n) is 12.1. The van der Waals surface area contributed by atoms with E-state index in [4.69, 9.17) is 0 Å². The van der Waals surface area contributed by atoms with Crippen molar-refractivity contribution >= 4 is 5.69 Å². The topological polar surface area (TPSA) is 35.5 Å². The number of benzene rings is 1. The molecule has 0 radical (unpaired) electrons. The van der Waals surface area contributed by atoms with Crippen LogP contribution in [0.3, 0.4) is 0 Å². The van der Waals surface area contributed by atoms with Gasteiger partial charge < -0.3 is 15.3 Å². The van der Waals surface area contributed by atoms with Gasteiger partial charge in [0.1, 0.15) is 0 Å². The molecule has 1 unspecified atom stereocenters. The molecule has 0 bridgehead atoms. The maximum atomic E-state index is 9.63. The van der Waals surface area contributed by atoms with Gasteiger partial charge in [-0.25, -0.2) is 0 Å². The molecule has 1 aromatic carbocycles. The fourth-order valence-corrected chi connectivity index (χ4v) is 2.73. The van der Waals surface area contributed by atoms with Gasteiger partial charge in [0.05, 0.1) is 6.10 Å². The molecule has 0 amide bonds. The van der Waals surface area contributed by atoms with E-state index in [1.165, 1.54) is 11.3 Å². The van der Waals surface area contributed by atoms with E-state index in [1.807, 2.05) is 6.92 Å². The lowest BCUT2D eigenvalue weighted by molar-refractivity contribution is 0.110. The number of aliphatic hydroxyl groups is 1. The molecular formula is C16H26N2O. The van der Waals surface area contributed by atoms with Crippen LogP contribution in [-0.2, 0) is 6.54 Å². The van der Waals surface area contributed by atoms with Crippen LogP contribution in [0.4, 0.5) is 5.69 Å². The van der Waals surface area contributed by atoms with Gasteiger partial charge in [-0.3, -0.25) is 0 Å². The Balaban J connectivity index is 1.89. The summed E-state index contributed by atoms with van der Waals surface area (Å²) in [6, 6.07) is 8.85. The van der Waals surface area contributed by atoms with Crippen molar-refractivity contribution in [3.63, 3.8) is 0 Å². The summed E-state index contributed by atoms with van der Waals surface area (Å²) in [4.78, 5) is 2.43. The van der Waals surface area contributed by atoms with Crippen LogP contribution in [0.15, 0.2) is 24.3 Å². The van der Waals surface area contributed by atoms with E-state index in [0.717, 1.165) is 39.0 Å². The Hall–Kier alpha value is -1.06. The van der Waals surface area contributed by atoms with Crippen molar-refractivity contribution in [3.8, 4) is 0 Å². The number of aliphatic hydroxyl groups excluding tert-OH is 1. The maximum Gasteiger partial charge on any atom is 0.0541 e. The Labute approximate surface area is 116 Å². The number of anilines is 1. The molecule has 1 aliphatic rings. The predicted molar refractivity (Wildman–Crippen MR) is 80.4 cm³/mol. The van der Waals surface area contributed by atoms with Crippen molar-refractivity contribution in [2.75, 3.05) is 24.5 Å². The minimum absolute atomic E-state index is 0.162. The molecule has 1 heterocycles. The molecule has 1 aliphatic heterocycles. The molecule has 0 aromatic heterocycles. The fourth-order valence-electron chi connectivity index (χ4n) is 2.73. The van der Waals surface area contributed by atoms with Gasteiger partial charge in [0.15, 0.2) is 0 Å². The number of hydrogen-bond acceptors (Lipinski definition) is 3. The van der Waals surface area contributed by atoms with Crippen molar-refractivity contribution in [1.82, 2.24) is 5.32 Å². The first-order chi connectivity index (χ1) is 9.20. The molecule has 0 aliphatic carbocycles. The third-order valence-electron chi connectivity index (χ3n) is 4.10. The molecule has 2 N–H and O–H groups in total. The van der Waals surface area contributed by atoms with Crippen molar-refractivity contribution < 1.29 is 5.11 Å².